The molecule has 0 spiro atoms. The van der Waals surface area contributed by atoms with E-state index in [-0.39, 0.29) is 17.4 Å². The van der Waals surface area contributed by atoms with Crippen LogP contribution >= 0.6 is 0 Å². The van der Waals surface area contributed by atoms with Gasteiger partial charge in [-0.25, -0.2) is 4.79 Å². The average Bonchev–Trinajstić information content (AvgIpc) is 3.06. The van der Waals surface area contributed by atoms with Crippen LogP contribution in [-0.2, 0) is 0 Å². The molecule has 8 nitrogen and oxygen atoms in total. The fourth-order valence-electron chi connectivity index (χ4n) is 3.22. The number of benzene rings is 1. The maximum atomic E-state index is 12.3. The van der Waals surface area contributed by atoms with E-state index in [1.165, 1.54) is 5.56 Å². The average molecular weight is 344 g/mol. The van der Waals surface area contributed by atoms with Crippen LogP contribution in [0.15, 0.2) is 33.9 Å². The fourth-order valence-corrected chi connectivity index (χ4v) is 3.22. The van der Waals surface area contributed by atoms with E-state index in [1.54, 1.807) is 7.11 Å². The first-order valence-corrected chi connectivity index (χ1v) is 8.05. The molecule has 1 aromatic heterocycles. The van der Waals surface area contributed by atoms with Crippen molar-refractivity contribution in [3.63, 3.8) is 0 Å². The summed E-state index contributed by atoms with van der Waals surface area (Å²) >= 11 is 0. The molecule has 1 aromatic carbocycles. The summed E-state index contributed by atoms with van der Waals surface area (Å²) in [4.78, 5) is 39.4. The Balaban J connectivity index is 1.67. The van der Waals surface area contributed by atoms with E-state index < -0.39 is 17.2 Å². The van der Waals surface area contributed by atoms with Gasteiger partial charge >= 0.3 is 5.69 Å². The third kappa shape index (κ3) is 3.57. The number of hydrogen-bond acceptors (Lipinski definition) is 5. The van der Waals surface area contributed by atoms with Crippen LogP contribution in [0.25, 0.3) is 0 Å². The van der Waals surface area contributed by atoms with Crippen molar-refractivity contribution >= 4 is 11.6 Å². The zero-order chi connectivity index (χ0) is 18.0. The highest BCUT2D eigenvalue weighted by molar-refractivity contribution is 5.96. The lowest BCUT2D eigenvalue weighted by molar-refractivity contribution is 0.0933. The van der Waals surface area contributed by atoms with Gasteiger partial charge in [-0.1, -0.05) is 12.1 Å². The number of ether oxygens (including phenoxy) is 1. The van der Waals surface area contributed by atoms with Gasteiger partial charge in [0.2, 0.25) is 0 Å². The molecule has 1 heterocycles. The third-order valence-electron chi connectivity index (χ3n) is 4.56. The van der Waals surface area contributed by atoms with Crippen molar-refractivity contribution in [2.75, 3.05) is 12.8 Å². The van der Waals surface area contributed by atoms with E-state index in [0.29, 0.717) is 5.92 Å². The molecule has 0 aliphatic heterocycles. The summed E-state index contributed by atoms with van der Waals surface area (Å²) in [5, 5.41) is 2.85. The first-order chi connectivity index (χ1) is 12.0. The SMILES string of the molecule is COc1ccc(C2CCC(NC(=O)c3[nH]c(=O)[nH]c(=O)c3N)C2)cc1. The molecule has 2 unspecified atom stereocenters. The number of nitrogen functional groups attached to an aromatic ring is 1. The number of amides is 1. The molecule has 8 heteroatoms. The summed E-state index contributed by atoms with van der Waals surface area (Å²) in [6.45, 7) is 0. The molecular weight excluding hydrogens is 324 g/mol. The van der Waals surface area contributed by atoms with Crippen LogP contribution in [0.1, 0.15) is 41.2 Å². The molecule has 132 valence electrons. The lowest BCUT2D eigenvalue weighted by Gasteiger charge is -2.14. The number of nitrogens with one attached hydrogen (secondary N) is 3. The molecule has 0 radical (unpaired) electrons. The Morgan fingerprint density at radius 2 is 1.92 bits per heavy atom. The second-order valence-corrected chi connectivity index (χ2v) is 6.15. The Labute approximate surface area is 143 Å². The standard InChI is InChI=1S/C17H20N4O4/c1-25-12-6-3-9(4-7-12)10-2-5-11(8-10)19-16(23)14-13(18)15(22)21-17(24)20-14/h3-4,6-7,10-11H,2,5,8,18H2,1H3,(H,19,23)(H2,20,21,22,24). The van der Waals surface area contributed by atoms with Crippen LogP contribution in [0.3, 0.4) is 0 Å². The molecule has 1 aliphatic carbocycles. The van der Waals surface area contributed by atoms with Crippen molar-refractivity contribution in [2.24, 2.45) is 0 Å². The Morgan fingerprint density at radius 3 is 2.60 bits per heavy atom. The molecule has 0 saturated heterocycles. The van der Waals surface area contributed by atoms with E-state index in [1.807, 2.05) is 29.2 Å². The molecule has 1 saturated carbocycles. The predicted molar refractivity (Wildman–Crippen MR) is 92.9 cm³/mol. The van der Waals surface area contributed by atoms with Crippen molar-refractivity contribution in [2.45, 2.75) is 31.2 Å². The largest absolute Gasteiger partial charge is 0.497 e. The van der Waals surface area contributed by atoms with Gasteiger partial charge in [-0.15, -0.1) is 0 Å². The number of aromatic amines is 2. The second-order valence-electron chi connectivity index (χ2n) is 6.15. The van der Waals surface area contributed by atoms with Crippen LogP contribution in [0, 0.1) is 0 Å². The zero-order valence-electron chi connectivity index (χ0n) is 13.8. The molecule has 2 aromatic rings. The molecule has 1 amide bonds. The minimum Gasteiger partial charge on any atom is -0.497 e. The van der Waals surface area contributed by atoms with Crippen molar-refractivity contribution < 1.29 is 9.53 Å². The van der Waals surface area contributed by atoms with Gasteiger partial charge < -0.3 is 20.8 Å². The van der Waals surface area contributed by atoms with Crippen molar-refractivity contribution in [3.05, 3.63) is 56.4 Å². The first kappa shape index (κ1) is 16.8. The zero-order valence-corrected chi connectivity index (χ0v) is 13.8. The van der Waals surface area contributed by atoms with Crippen LogP contribution in [0.4, 0.5) is 5.69 Å². The van der Waals surface area contributed by atoms with Gasteiger partial charge in [-0.05, 0) is 42.9 Å². The number of methoxy groups -OCH3 is 1. The molecule has 3 rings (SSSR count). The van der Waals surface area contributed by atoms with Crippen molar-refractivity contribution in [3.8, 4) is 5.75 Å². The molecular formula is C17H20N4O4. The van der Waals surface area contributed by atoms with Gasteiger partial charge in [0.15, 0.2) is 0 Å². The predicted octanol–water partition coefficient (Wildman–Crippen LogP) is 0.720. The number of hydrogen-bond donors (Lipinski definition) is 4. The summed E-state index contributed by atoms with van der Waals surface area (Å²) in [5.41, 5.74) is 4.77. The van der Waals surface area contributed by atoms with Gasteiger partial charge in [0.1, 0.15) is 17.1 Å². The van der Waals surface area contributed by atoms with Crippen LogP contribution in [-0.4, -0.2) is 29.0 Å². The third-order valence-corrected chi connectivity index (χ3v) is 4.56. The quantitative estimate of drug-likeness (QED) is 0.649. The number of H-pyrrole nitrogens is 2. The number of carbonyl (C=O) groups excluding carboxylic acids is 1. The highest BCUT2D eigenvalue weighted by Crippen LogP contribution is 2.35. The lowest BCUT2D eigenvalue weighted by atomic mass is 9.97. The Morgan fingerprint density at radius 1 is 1.20 bits per heavy atom. The summed E-state index contributed by atoms with van der Waals surface area (Å²) in [7, 11) is 1.63. The Bertz CT molecular complexity index is 885. The minimum atomic E-state index is -0.767. The topological polar surface area (TPSA) is 130 Å². The molecule has 0 bridgehead atoms. The highest BCUT2D eigenvalue weighted by atomic mass is 16.5. The van der Waals surface area contributed by atoms with Gasteiger partial charge in [-0.3, -0.25) is 14.6 Å². The van der Waals surface area contributed by atoms with Gasteiger partial charge in [0.25, 0.3) is 11.5 Å². The molecule has 1 aliphatic rings. The van der Waals surface area contributed by atoms with Crippen molar-refractivity contribution in [1.82, 2.24) is 15.3 Å². The van der Waals surface area contributed by atoms with Crippen LogP contribution < -0.4 is 27.0 Å². The van der Waals surface area contributed by atoms with Crippen LogP contribution in [0.2, 0.25) is 0 Å². The maximum Gasteiger partial charge on any atom is 0.326 e. The summed E-state index contributed by atoms with van der Waals surface area (Å²) in [6.07, 6.45) is 2.54. The first-order valence-electron chi connectivity index (χ1n) is 8.05. The highest BCUT2D eigenvalue weighted by Gasteiger charge is 2.28. The van der Waals surface area contributed by atoms with E-state index in [0.717, 1.165) is 25.0 Å². The summed E-state index contributed by atoms with van der Waals surface area (Å²) < 4.78 is 5.16. The monoisotopic (exact) mass is 344 g/mol. The lowest BCUT2D eigenvalue weighted by Crippen LogP contribution is -2.37. The number of rotatable bonds is 4. The fraction of sp³-hybridized carbons (Fsp3) is 0.353. The Hall–Kier alpha value is -3.03. The van der Waals surface area contributed by atoms with Gasteiger partial charge in [-0.2, -0.15) is 0 Å². The molecule has 5 N–H and O–H groups in total. The van der Waals surface area contributed by atoms with Gasteiger partial charge in [0.05, 0.1) is 7.11 Å². The minimum absolute atomic E-state index is 0.0400. The number of anilines is 1. The normalized spacial score (nSPS) is 19.6. The van der Waals surface area contributed by atoms with E-state index in [4.69, 9.17) is 10.5 Å². The van der Waals surface area contributed by atoms with Crippen LogP contribution in [0.5, 0.6) is 5.75 Å². The van der Waals surface area contributed by atoms with E-state index in [2.05, 4.69) is 10.3 Å². The second kappa shape index (κ2) is 6.84. The molecule has 2 atom stereocenters. The van der Waals surface area contributed by atoms with Gasteiger partial charge in [0, 0.05) is 6.04 Å². The number of aromatic nitrogens is 2. The molecule has 1 fully saturated rings. The van der Waals surface area contributed by atoms with E-state index >= 15 is 0 Å². The van der Waals surface area contributed by atoms with Crippen molar-refractivity contribution in [1.29, 1.82) is 0 Å². The number of nitrogens with two attached hydrogens (primary N) is 1. The smallest absolute Gasteiger partial charge is 0.326 e. The number of carbonyl (C=O) groups is 1. The Kier molecular flexibility index (Phi) is 4.60. The molecule has 25 heavy (non-hydrogen) atoms. The van der Waals surface area contributed by atoms with E-state index in [9.17, 15) is 14.4 Å². The summed E-state index contributed by atoms with van der Waals surface area (Å²) in [5.74, 6) is 0.605. The maximum absolute atomic E-state index is 12.3. The summed E-state index contributed by atoms with van der Waals surface area (Å²) in [6, 6.07) is 7.85.